The maximum Gasteiger partial charge on any atom is 0.251 e. The van der Waals surface area contributed by atoms with Gasteiger partial charge in [0, 0.05) is 50.2 Å². The van der Waals surface area contributed by atoms with E-state index in [1.807, 2.05) is 78.8 Å². The lowest BCUT2D eigenvalue weighted by molar-refractivity contribution is -0.118. The molecule has 0 unspecified atom stereocenters. The largest absolute Gasteiger partial charge is 0.494 e. The number of nitrogens with zero attached hydrogens (tertiary/aromatic N) is 8. The van der Waals surface area contributed by atoms with Crippen molar-refractivity contribution in [2.45, 2.75) is 91.3 Å². The molecule has 3 aromatic heterocycles. The molecule has 0 saturated carbocycles. The van der Waals surface area contributed by atoms with Gasteiger partial charge in [0.15, 0.2) is 11.6 Å². The third-order valence-electron chi connectivity index (χ3n) is 8.20. The van der Waals surface area contributed by atoms with Crippen molar-refractivity contribution in [2.24, 2.45) is 12.8 Å². The first-order valence-corrected chi connectivity index (χ1v) is 18.1. The molecule has 2 aromatic carbocycles. The van der Waals surface area contributed by atoms with Gasteiger partial charge in [0.2, 0.25) is 5.91 Å². The third kappa shape index (κ3) is 12.9. The molecule has 3 heterocycles. The molecule has 0 saturated heterocycles. The quantitative estimate of drug-likeness (QED) is 0.0805. The van der Waals surface area contributed by atoms with E-state index in [2.05, 4.69) is 41.1 Å². The minimum absolute atomic E-state index is 0.161. The van der Waals surface area contributed by atoms with Crippen LogP contribution >= 0.6 is 0 Å². The molecule has 14 nitrogen and oxygen atoms in total. The summed E-state index contributed by atoms with van der Waals surface area (Å²) >= 11 is 0. The Morgan fingerprint density at radius 3 is 2.54 bits per heavy atom. The van der Waals surface area contributed by atoms with Crippen LogP contribution in [-0.2, 0) is 37.9 Å². The summed E-state index contributed by atoms with van der Waals surface area (Å²) < 4.78 is 9.78. The fraction of sp³-hybridized carbons (Fsp3) is 0.421. The van der Waals surface area contributed by atoms with Crippen LogP contribution in [0.1, 0.15) is 92.7 Å². The number of primary amides is 1. The Morgan fingerprint density at radius 2 is 1.71 bits per heavy atom. The van der Waals surface area contributed by atoms with E-state index >= 15 is 0 Å². The van der Waals surface area contributed by atoms with E-state index in [1.54, 1.807) is 18.3 Å². The number of carbonyl (C=O) groups excluding carboxylic acids is 2. The van der Waals surface area contributed by atoms with E-state index in [9.17, 15) is 9.59 Å². The molecule has 0 radical (unpaired) electrons. The average Bonchev–Trinajstić information content (AvgIpc) is 3.79. The molecule has 0 aliphatic carbocycles. The SMILES string of the molecule is CC.Cn1c(CNc2cccc(C(=O)NCc3cccc(OCCCCCCCn4cc(CCCCC(N)=O)nn4)c3)c2)nnc1-c1ccncn1. The first-order valence-electron chi connectivity index (χ1n) is 18.1. The lowest BCUT2D eigenvalue weighted by atomic mass is 10.1. The standard InChI is InChI=1S/C36H45N11O3.C2H6/c1-46-34(43-44-35(46)32-17-18-38-26-41-32)24-39-29-14-10-12-28(22-29)36(49)40-23-27-11-9-15-31(21-27)50-20-8-4-2-3-7-19-47-25-30(42-45-47)13-5-6-16-33(37)48;1-2/h9-12,14-15,17-18,21-22,25-26,39H,2-8,13,16,19-20,23-24H2,1H3,(H2,37,48)(H,40,49);1-2H3. The van der Waals surface area contributed by atoms with Crippen molar-refractivity contribution >= 4 is 17.5 Å². The Labute approximate surface area is 305 Å². The molecular weight excluding hydrogens is 658 g/mol. The molecule has 276 valence electrons. The zero-order chi connectivity index (χ0) is 37.0. The number of amides is 2. The van der Waals surface area contributed by atoms with E-state index in [-0.39, 0.29) is 11.8 Å². The van der Waals surface area contributed by atoms with Crippen LogP contribution in [0.25, 0.3) is 11.5 Å². The molecule has 0 atom stereocenters. The number of ether oxygens (including phenoxy) is 1. The van der Waals surface area contributed by atoms with Gasteiger partial charge in [0.1, 0.15) is 17.8 Å². The van der Waals surface area contributed by atoms with Crippen LogP contribution in [0.2, 0.25) is 0 Å². The van der Waals surface area contributed by atoms with Gasteiger partial charge < -0.3 is 25.7 Å². The Morgan fingerprint density at radius 1 is 0.885 bits per heavy atom. The molecule has 0 bridgehead atoms. The van der Waals surface area contributed by atoms with Gasteiger partial charge in [-0.05, 0) is 74.1 Å². The summed E-state index contributed by atoms with van der Waals surface area (Å²) in [4.78, 5) is 32.0. The zero-order valence-corrected chi connectivity index (χ0v) is 30.5. The molecule has 4 N–H and O–H groups in total. The fourth-order valence-corrected chi connectivity index (χ4v) is 5.41. The summed E-state index contributed by atoms with van der Waals surface area (Å²) in [5, 5.41) is 23.3. The molecule has 5 aromatic rings. The average molecular weight is 710 g/mol. The number of benzene rings is 2. The highest BCUT2D eigenvalue weighted by Gasteiger charge is 2.12. The van der Waals surface area contributed by atoms with Crippen molar-refractivity contribution in [2.75, 3.05) is 11.9 Å². The lowest BCUT2D eigenvalue weighted by Gasteiger charge is -2.11. The fourth-order valence-electron chi connectivity index (χ4n) is 5.41. The predicted octanol–water partition coefficient (Wildman–Crippen LogP) is 5.66. The van der Waals surface area contributed by atoms with Crippen LogP contribution in [0, 0.1) is 0 Å². The van der Waals surface area contributed by atoms with E-state index in [4.69, 9.17) is 10.5 Å². The van der Waals surface area contributed by atoms with Gasteiger partial charge >= 0.3 is 0 Å². The summed E-state index contributed by atoms with van der Waals surface area (Å²) in [6.07, 6.45) is 13.4. The highest BCUT2D eigenvalue weighted by molar-refractivity contribution is 5.95. The summed E-state index contributed by atoms with van der Waals surface area (Å²) in [5.41, 5.74) is 9.17. The zero-order valence-electron chi connectivity index (χ0n) is 30.5. The smallest absolute Gasteiger partial charge is 0.251 e. The Balaban J connectivity index is 0.00000297. The van der Waals surface area contributed by atoms with E-state index in [1.165, 1.54) is 6.33 Å². The van der Waals surface area contributed by atoms with Gasteiger partial charge in [-0.2, -0.15) is 0 Å². The second-order valence-electron chi connectivity index (χ2n) is 12.1. The lowest BCUT2D eigenvalue weighted by Crippen LogP contribution is -2.22. The van der Waals surface area contributed by atoms with Crippen LogP contribution in [0.4, 0.5) is 5.69 Å². The monoisotopic (exact) mass is 709 g/mol. The highest BCUT2D eigenvalue weighted by Crippen LogP contribution is 2.17. The number of hydrogen-bond acceptors (Lipinski definition) is 10. The maximum atomic E-state index is 13.0. The van der Waals surface area contributed by atoms with Crippen molar-refractivity contribution in [1.29, 1.82) is 0 Å². The van der Waals surface area contributed by atoms with Crippen LogP contribution in [-0.4, -0.2) is 58.1 Å². The van der Waals surface area contributed by atoms with Gasteiger partial charge in [0.05, 0.1) is 18.8 Å². The van der Waals surface area contributed by atoms with Gasteiger partial charge in [-0.25, -0.2) is 9.97 Å². The minimum Gasteiger partial charge on any atom is -0.494 e. The predicted molar refractivity (Wildman–Crippen MR) is 200 cm³/mol. The number of aryl methyl sites for hydroxylation is 2. The molecule has 0 spiro atoms. The summed E-state index contributed by atoms with van der Waals surface area (Å²) in [6, 6.07) is 17.0. The minimum atomic E-state index is -0.257. The molecule has 5 rings (SSSR count). The van der Waals surface area contributed by atoms with Gasteiger partial charge in [-0.1, -0.05) is 56.5 Å². The number of carbonyl (C=O) groups is 2. The van der Waals surface area contributed by atoms with Crippen LogP contribution < -0.4 is 21.1 Å². The number of nitrogens with one attached hydrogen (secondary N) is 2. The number of hydrogen-bond donors (Lipinski definition) is 3. The third-order valence-corrected chi connectivity index (χ3v) is 8.20. The highest BCUT2D eigenvalue weighted by atomic mass is 16.5. The van der Waals surface area contributed by atoms with E-state index in [0.29, 0.717) is 43.2 Å². The van der Waals surface area contributed by atoms with Crippen molar-refractivity contribution in [3.63, 3.8) is 0 Å². The number of aromatic nitrogens is 8. The molecular formula is C38H51N11O3. The van der Waals surface area contributed by atoms with Crippen LogP contribution in [0.15, 0.2) is 73.3 Å². The molecule has 0 aliphatic rings. The van der Waals surface area contributed by atoms with Crippen molar-refractivity contribution < 1.29 is 14.3 Å². The summed E-state index contributed by atoms with van der Waals surface area (Å²) in [7, 11) is 1.89. The van der Waals surface area contributed by atoms with Crippen molar-refractivity contribution in [1.82, 2.24) is 45.0 Å². The number of unbranched alkanes of at least 4 members (excludes halogenated alkanes) is 5. The van der Waals surface area contributed by atoms with Gasteiger partial charge in [0.25, 0.3) is 5.91 Å². The second-order valence-corrected chi connectivity index (χ2v) is 12.1. The molecule has 14 heteroatoms. The topological polar surface area (TPSA) is 181 Å². The van der Waals surface area contributed by atoms with Crippen molar-refractivity contribution in [3.8, 4) is 17.3 Å². The first kappa shape index (κ1) is 39.1. The Kier molecular flexibility index (Phi) is 16.2. The number of nitrogens with two attached hydrogens (primary N) is 1. The van der Waals surface area contributed by atoms with E-state index < -0.39 is 0 Å². The molecule has 52 heavy (non-hydrogen) atoms. The maximum absolute atomic E-state index is 13.0. The first-order chi connectivity index (χ1) is 25.4. The second kappa shape index (κ2) is 21.5. The van der Waals surface area contributed by atoms with Crippen molar-refractivity contribution in [3.05, 3.63) is 96.0 Å². The summed E-state index contributed by atoms with van der Waals surface area (Å²) in [5.74, 6) is 1.77. The van der Waals surface area contributed by atoms with Crippen LogP contribution in [0.5, 0.6) is 5.75 Å². The van der Waals surface area contributed by atoms with Gasteiger partial charge in [-0.15, -0.1) is 15.3 Å². The van der Waals surface area contributed by atoms with E-state index in [0.717, 1.165) is 86.4 Å². The number of rotatable bonds is 21. The molecule has 0 fully saturated rings. The molecule has 0 aliphatic heterocycles. The molecule has 2 amide bonds. The van der Waals surface area contributed by atoms with Gasteiger partial charge in [-0.3, -0.25) is 14.3 Å². The number of anilines is 1. The summed E-state index contributed by atoms with van der Waals surface area (Å²) in [6.45, 7) is 6.32. The van der Waals surface area contributed by atoms with Crippen LogP contribution in [0.3, 0.4) is 0 Å². The normalized spacial score (nSPS) is 10.7. The Hall–Kier alpha value is -5.66. The Bertz CT molecular complexity index is 1810.